The summed E-state index contributed by atoms with van der Waals surface area (Å²) in [7, 11) is 0. The molecular formula is C15H22O4. The third kappa shape index (κ3) is 5.78. The second-order valence-corrected chi connectivity index (χ2v) is 5.04. The summed E-state index contributed by atoms with van der Waals surface area (Å²) in [5.74, 6) is 1.96. The van der Waals surface area contributed by atoms with Gasteiger partial charge in [0, 0.05) is 0 Å². The molecule has 0 bridgehead atoms. The molecule has 0 radical (unpaired) electrons. The van der Waals surface area contributed by atoms with Crippen molar-refractivity contribution in [3.05, 3.63) is 0 Å². The molecule has 0 aromatic carbocycles. The van der Waals surface area contributed by atoms with Gasteiger partial charge in [0.15, 0.2) is 6.10 Å². The number of hydrogen-bond acceptors (Lipinski definition) is 4. The molecule has 4 nitrogen and oxygen atoms in total. The Hall–Kier alpha value is -1.50. The van der Waals surface area contributed by atoms with Gasteiger partial charge in [-0.1, -0.05) is 18.8 Å². The lowest BCUT2D eigenvalue weighted by atomic mass is 10.0. The summed E-state index contributed by atoms with van der Waals surface area (Å²) in [6.07, 6.45) is 9.21. The van der Waals surface area contributed by atoms with Crippen LogP contribution < -0.4 is 0 Å². The first-order chi connectivity index (χ1) is 9.02. The molecule has 0 amide bonds. The quantitative estimate of drug-likeness (QED) is 0.547. The molecule has 0 N–H and O–H groups in total. The van der Waals surface area contributed by atoms with Gasteiger partial charge in [0.05, 0.1) is 12.8 Å². The number of terminal acetylenes is 1. The summed E-state index contributed by atoms with van der Waals surface area (Å²) >= 11 is 0. The van der Waals surface area contributed by atoms with Gasteiger partial charge in [-0.3, -0.25) is 9.59 Å². The summed E-state index contributed by atoms with van der Waals surface area (Å²) in [4.78, 5) is 22.9. The van der Waals surface area contributed by atoms with Crippen LogP contribution in [0.1, 0.15) is 52.4 Å². The van der Waals surface area contributed by atoms with Crippen LogP contribution in [0, 0.1) is 18.3 Å². The van der Waals surface area contributed by atoms with Gasteiger partial charge >= 0.3 is 11.9 Å². The Labute approximate surface area is 114 Å². The van der Waals surface area contributed by atoms with Crippen molar-refractivity contribution in [2.75, 3.05) is 0 Å². The standard InChI is InChI=1S/C15H22O4/c1-4-11(2)18-14(16)9-10-15(17)19-12(3)13-7-5-6-8-13/h1,11-13H,5-10H2,2-3H3. The molecule has 19 heavy (non-hydrogen) atoms. The van der Waals surface area contributed by atoms with Crippen molar-refractivity contribution in [1.29, 1.82) is 0 Å². The maximum atomic E-state index is 11.6. The minimum atomic E-state index is -0.555. The Balaban J connectivity index is 2.20. The Kier molecular flexibility index (Phi) is 6.41. The maximum Gasteiger partial charge on any atom is 0.307 e. The highest BCUT2D eigenvalue weighted by Gasteiger charge is 2.24. The molecular weight excluding hydrogens is 244 g/mol. The van der Waals surface area contributed by atoms with E-state index in [4.69, 9.17) is 15.9 Å². The van der Waals surface area contributed by atoms with Gasteiger partial charge in [-0.2, -0.15) is 0 Å². The van der Waals surface area contributed by atoms with E-state index in [0.717, 1.165) is 12.8 Å². The van der Waals surface area contributed by atoms with Crippen molar-refractivity contribution in [3.63, 3.8) is 0 Å². The Morgan fingerprint density at radius 1 is 1.16 bits per heavy atom. The lowest BCUT2D eigenvalue weighted by Crippen LogP contribution is -2.23. The first-order valence-corrected chi connectivity index (χ1v) is 6.88. The largest absolute Gasteiger partial charge is 0.462 e. The third-order valence-corrected chi connectivity index (χ3v) is 3.46. The molecule has 1 fully saturated rings. The lowest BCUT2D eigenvalue weighted by Gasteiger charge is -2.19. The predicted molar refractivity (Wildman–Crippen MR) is 71.1 cm³/mol. The van der Waals surface area contributed by atoms with Crippen LogP contribution in [0.2, 0.25) is 0 Å². The molecule has 1 rings (SSSR count). The van der Waals surface area contributed by atoms with Crippen molar-refractivity contribution >= 4 is 11.9 Å². The molecule has 0 aromatic rings. The molecule has 2 unspecified atom stereocenters. The Morgan fingerprint density at radius 3 is 2.21 bits per heavy atom. The van der Waals surface area contributed by atoms with Crippen LogP contribution in [-0.2, 0) is 19.1 Å². The number of carbonyl (C=O) groups is 2. The van der Waals surface area contributed by atoms with E-state index in [-0.39, 0.29) is 24.9 Å². The zero-order valence-corrected chi connectivity index (χ0v) is 11.7. The van der Waals surface area contributed by atoms with E-state index in [9.17, 15) is 9.59 Å². The molecule has 4 heteroatoms. The van der Waals surface area contributed by atoms with Crippen LogP contribution in [0.4, 0.5) is 0 Å². The van der Waals surface area contributed by atoms with E-state index in [1.54, 1.807) is 6.92 Å². The average molecular weight is 266 g/mol. The highest BCUT2D eigenvalue weighted by molar-refractivity contribution is 5.77. The number of hydrogen-bond donors (Lipinski definition) is 0. The third-order valence-electron chi connectivity index (χ3n) is 3.46. The summed E-state index contributed by atoms with van der Waals surface area (Å²) in [5.41, 5.74) is 0. The van der Waals surface area contributed by atoms with Gasteiger partial charge in [-0.25, -0.2) is 0 Å². The molecule has 1 aliphatic rings. The number of rotatable bonds is 6. The number of carbonyl (C=O) groups excluding carboxylic acids is 2. The van der Waals surface area contributed by atoms with Gasteiger partial charge in [0.1, 0.15) is 6.10 Å². The highest BCUT2D eigenvalue weighted by atomic mass is 16.5. The molecule has 0 heterocycles. The van der Waals surface area contributed by atoms with Gasteiger partial charge < -0.3 is 9.47 Å². The van der Waals surface area contributed by atoms with Crippen LogP contribution in [0.25, 0.3) is 0 Å². The summed E-state index contributed by atoms with van der Waals surface area (Å²) < 4.78 is 10.2. The van der Waals surface area contributed by atoms with Crippen LogP contribution in [0.3, 0.4) is 0 Å². The normalized spacial score (nSPS) is 18.4. The van der Waals surface area contributed by atoms with E-state index < -0.39 is 12.1 Å². The van der Waals surface area contributed by atoms with Crippen LogP contribution >= 0.6 is 0 Å². The molecule has 0 saturated heterocycles. The zero-order valence-electron chi connectivity index (χ0n) is 11.7. The highest BCUT2D eigenvalue weighted by Crippen LogP contribution is 2.29. The second-order valence-electron chi connectivity index (χ2n) is 5.04. The maximum absolute atomic E-state index is 11.6. The van der Waals surface area contributed by atoms with Gasteiger partial charge in [0.25, 0.3) is 0 Å². The van der Waals surface area contributed by atoms with E-state index in [1.165, 1.54) is 12.8 Å². The zero-order chi connectivity index (χ0) is 14.3. The van der Waals surface area contributed by atoms with Crippen LogP contribution in [-0.4, -0.2) is 24.1 Å². The van der Waals surface area contributed by atoms with Gasteiger partial charge in [-0.05, 0) is 32.6 Å². The second kappa shape index (κ2) is 7.83. The smallest absolute Gasteiger partial charge is 0.307 e. The van der Waals surface area contributed by atoms with Crippen molar-refractivity contribution in [2.45, 2.75) is 64.6 Å². The van der Waals surface area contributed by atoms with Crippen molar-refractivity contribution < 1.29 is 19.1 Å². The topological polar surface area (TPSA) is 52.6 Å². The Bertz CT molecular complexity index is 350. The van der Waals surface area contributed by atoms with Crippen LogP contribution in [0.5, 0.6) is 0 Å². The van der Waals surface area contributed by atoms with Crippen molar-refractivity contribution in [2.24, 2.45) is 5.92 Å². The minimum Gasteiger partial charge on any atom is -0.462 e. The molecule has 1 aliphatic carbocycles. The molecule has 0 aromatic heterocycles. The van der Waals surface area contributed by atoms with Crippen molar-refractivity contribution in [3.8, 4) is 12.3 Å². The van der Waals surface area contributed by atoms with Gasteiger partial charge in [-0.15, -0.1) is 6.42 Å². The SMILES string of the molecule is C#CC(C)OC(=O)CCC(=O)OC(C)C1CCCC1. The number of esters is 2. The van der Waals surface area contributed by atoms with E-state index in [0.29, 0.717) is 5.92 Å². The first kappa shape index (κ1) is 15.6. The summed E-state index contributed by atoms with van der Waals surface area (Å²) in [6, 6.07) is 0. The lowest BCUT2D eigenvalue weighted by molar-refractivity contribution is -0.155. The summed E-state index contributed by atoms with van der Waals surface area (Å²) in [5, 5.41) is 0. The fourth-order valence-corrected chi connectivity index (χ4v) is 2.28. The Morgan fingerprint density at radius 2 is 1.68 bits per heavy atom. The average Bonchev–Trinajstić information content (AvgIpc) is 2.90. The van der Waals surface area contributed by atoms with E-state index >= 15 is 0 Å². The van der Waals surface area contributed by atoms with Crippen molar-refractivity contribution in [1.82, 2.24) is 0 Å². The van der Waals surface area contributed by atoms with E-state index in [1.807, 2.05) is 6.92 Å². The molecule has 0 aliphatic heterocycles. The fraction of sp³-hybridized carbons (Fsp3) is 0.733. The van der Waals surface area contributed by atoms with Crippen LogP contribution in [0.15, 0.2) is 0 Å². The molecule has 0 spiro atoms. The predicted octanol–water partition coefficient (Wildman–Crippen LogP) is 2.45. The molecule has 2 atom stereocenters. The summed E-state index contributed by atoms with van der Waals surface area (Å²) in [6.45, 7) is 3.53. The number of ether oxygens (including phenoxy) is 2. The minimum absolute atomic E-state index is 0.0161. The van der Waals surface area contributed by atoms with Gasteiger partial charge in [0.2, 0.25) is 0 Å². The molecule has 1 saturated carbocycles. The monoisotopic (exact) mass is 266 g/mol. The molecule has 106 valence electrons. The van der Waals surface area contributed by atoms with E-state index in [2.05, 4.69) is 5.92 Å². The first-order valence-electron chi connectivity index (χ1n) is 6.88. The fourth-order valence-electron chi connectivity index (χ4n) is 2.28.